The Balaban J connectivity index is 1.77. The molecule has 9 nitrogen and oxygen atoms in total. The standard InChI is InChI=1S/C20H20N6O3S/c1-20(2,27)17-8-10-26-16(12-23-19(26)25-17)15-7-9-22-18(24-15)13-5-4-6-14(11-13)30(28,29)21-3/h4-12,21,27H,1-3H3. The van der Waals surface area contributed by atoms with Crippen LogP contribution in [0.1, 0.15) is 19.5 Å². The molecule has 4 aromatic rings. The summed E-state index contributed by atoms with van der Waals surface area (Å²) in [4.78, 5) is 17.7. The zero-order valence-electron chi connectivity index (χ0n) is 16.6. The molecule has 10 heteroatoms. The first-order valence-electron chi connectivity index (χ1n) is 9.13. The van der Waals surface area contributed by atoms with E-state index in [0.717, 1.165) is 0 Å². The summed E-state index contributed by atoms with van der Waals surface area (Å²) in [6, 6.07) is 9.90. The molecule has 154 valence electrons. The van der Waals surface area contributed by atoms with E-state index >= 15 is 0 Å². The van der Waals surface area contributed by atoms with E-state index in [9.17, 15) is 13.5 Å². The monoisotopic (exact) mass is 424 g/mol. The van der Waals surface area contributed by atoms with E-state index in [1.807, 2.05) is 0 Å². The fraction of sp³-hybridized carbons (Fsp3) is 0.200. The molecule has 0 spiro atoms. The molecule has 1 aromatic carbocycles. The fourth-order valence-electron chi connectivity index (χ4n) is 2.96. The first-order valence-corrected chi connectivity index (χ1v) is 10.6. The fourth-order valence-corrected chi connectivity index (χ4v) is 3.74. The zero-order chi connectivity index (χ0) is 21.5. The van der Waals surface area contributed by atoms with E-state index in [1.54, 1.807) is 61.1 Å². The Morgan fingerprint density at radius 1 is 1.10 bits per heavy atom. The van der Waals surface area contributed by atoms with Gasteiger partial charge in [-0.2, -0.15) is 0 Å². The highest BCUT2D eigenvalue weighted by Gasteiger charge is 2.20. The van der Waals surface area contributed by atoms with Crippen molar-refractivity contribution in [3.63, 3.8) is 0 Å². The summed E-state index contributed by atoms with van der Waals surface area (Å²) >= 11 is 0. The Labute approximate surface area is 173 Å². The van der Waals surface area contributed by atoms with Crippen LogP contribution in [0.5, 0.6) is 0 Å². The first kappa shape index (κ1) is 20.1. The van der Waals surface area contributed by atoms with Crippen LogP contribution in [-0.2, 0) is 15.6 Å². The molecule has 0 unspecified atom stereocenters. The molecule has 0 bridgehead atoms. The maximum Gasteiger partial charge on any atom is 0.240 e. The highest BCUT2D eigenvalue weighted by molar-refractivity contribution is 7.89. The number of imidazole rings is 1. The van der Waals surface area contributed by atoms with Crippen LogP contribution < -0.4 is 4.72 Å². The van der Waals surface area contributed by atoms with Crippen molar-refractivity contribution in [2.24, 2.45) is 0 Å². The minimum absolute atomic E-state index is 0.134. The molecule has 0 aliphatic carbocycles. The van der Waals surface area contributed by atoms with Gasteiger partial charge in [-0.05, 0) is 45.2 Å². The lowest BCUT2D eigenvalue weighted by Gasteiger charge is -2.16. The van der Waals surface area contributed by atoms with Crippen molar-refractivity contribution in [1.82, 2.24) is 29.1 Å². The largest absolute Gasteiger partial charge is 0.384 e. The minimum atomic E-state index is -3.58. The van der Waals surface area contributed by atoms with E-state index in [4.69, 9.17) is 0 Å². The number of fused-ring (bicyclic) bond motifs is 1. The van der Waals surface area contributed by atoms with E-state index in [2.05, 4.69) is 24.7 Å². The summed E-state index contributed by atoms with van der Waals surface area (Å²) < 4.78 is 28.3. The molecule has 0 aliphatic heterocycles. The Morgan fingerprint density at radius 3 is 2.63 bits per heavy atom. The third kappa shape index (κ3) is 3.67. The van der Waals surface area contributed by atoms with Gasteiger partial charge in [0.2, 0.25) is 15.8 Å². The second-order valence-electron chi connectivity index (χ2n) is 7.19. The molecule has 2 N–H and O–H groups in total. The van der Waals surface area contributed by atoms with Crippen molar-refractivity contribution in [1.29, 1.82) is 0 Å². The van der Waals surface area contributed by atoms with Crippen LogP contribution in [0.2, 0.25) is 0 Å². The summed E-state index contributed by atoms with van der Waals surface area (Å²) in [6.07, 6.45) is 5.03. The number of aromatic nitrogens is 5. The lowest BCUT2D eigenvalue weighted by Crippen LogP contribution is -2.18. The molecule has 3 heterocycles. The van der Waals surface area contributed by atoms with Gasteiger partial charge in [0.05, 0.1) is 28.2 Å². The number of nitrogens with zero attached hydrogens (tertiary/aromatic N) is 5. The number of rotatable bonds is 5. The molecule has 0 atom stereocenters. The summed E-state index contributed by atoms with van der Waals surface area (Å²) in [5.74, 6) is 0.823. The van der Waals surface area contributed by atoms with Crippen LogP contribution in [0.25, 0.3) is 28.6 Å². The highest BCUT2D eigenvalue weighted by Crippen LogP contribution is 2.24. The van der Waals surface area contributed by atoms with Gasteiger partial charge < -0.3 is 5.11 Å². The Morgan fingerprint density at radius 2 is 1.90 bits per heavy atom. The SMILES string of the molecule is CNS(=O)(=O)c1cccc(-c2nccc(-c3cnc4nc(C(C)(C)O)ccn34)n2)c1. The van der Waals surface area contributed by atoms with Gasteiger partial charge in [-0.15, -0.1) is 0 Å². The van der Waals surface area contributed by atoms with Crippen LogP contribution in [0, 0.1) is 0 Å². The van der Waals surface area contributed by atoms with Crippen LogP contribution in [0.3, 0.4) is 0 Å². The summed E-state index contributed by atoms with van der Waals surface area (Å²) in [7, 11) is -2.21. The van der Waals surface area contributed by atoms with Crippen molar-refractivity contribution in [2.45, 2.75) is 24.3 Å². The second-order valence-corrected chi connectivity index (χ2v) is 9.07. The zero-order valence-corrected chi connectivity index (χ0v) is 17.4. The number of hydrogen-bond donors (Lipinski definition) is 2. The van der Waals surface area contributed by atoms with Crippen molar-refractivity contribution in [2.75, 3.05) is 7.05 Å². The Kier molecular flexibility index (Phi) is 4.85. The number of nitrogens with one attached hydrogen (secondary N) is 1. The smallest absolute Gasteiger partial charge is 0.240 e. The van der Waals surface area contributed by atoms with Gasteiger partial charge in [0.25, 0.3) is 0 Å². The molecule has 0 aliphatic rings. The molecule has 0 fully saturated rings. The predicted octanol–water partition coefficient (Wildman–Crippen LogP) is 1.99. The van der Waals surface area contributed by atoms with E-state index < -0.39 is 15.6 Å². The van der Waals surface area contributed by atoms with Gasteiger partial charge >= 0.3 is 0 Å². The van der Waals surface area contributed by atoms with Crippen LogP contribution in [0.4, 0.5) is 0 Å². The van der Waals surface area contributed by atoms with Gasteiger partial charge in [-0.3, -0.25) is 4.40 Å². The minimum Gasteiger partial charge on any atom is -0.384 e. The summed E-state index contributed by atoms with van der Waals surface area (Å²) in [5, 5.41) is 10.2. The third-order valence-electron chi connectivity index (χ3n) is 4.60. The predicted molar refractivity (Wildman–Crippen MR) is 111 cm³/mol. The molecule has 4 rings (SSSR count). The first-order chi connectivity index (χ1) is 14.2. The third-order valence-corrected chi connectivity index (χ3v) is 6.01. The number of aliphatic hydroxyl groups is 1. The number of hydrogen-bond acceptors (Lipinski definition) is 7. The topological polar surface area (TPSA) is 122 Å². The Hall–Kier alpha value is -3.21. The second kappa shape index (κ2) is 7.24. The molecule has 3 aromatic heterocycles. The van der Waals surface area contributed by atoms with E-state index in [0.29, 0.717) is 34.2 Å². The average Bonchev–Trinajstić information content (AvgIpc) is 3.17. The quantitative estimate of drug-likeness (QED) is 0.502. The van der Waals surface area contributed by atoms with Crippen LogP contribution in [0.15, 0.2) is 59.9 Å². The van der Waals surface area contributed by atoms with Gasteiger partial charge in [-0.1, -0.05) is 12.1 Å². The highest BCUT2D eigenvalue weighted by atomic mass is 32.2. The van der Waals surface area contributed by atoms with Crippen molar-refractivity contribution in [3.05, 3.63) is 60.7 Å². The molecular weight excluding hydrogens is 404 g/mol. The average molecular weight is 424 g/mol. The maximum absolute atomic E-state index is 12.1. The Bertz CT molecular complexity index is 1340. The maximum atomic E-state index is 12.1. The van der Waals surface area contributed by atoms with Crippen molar-refractivity contribution in [3.8, 4) is 22.8 Å². The van der Waals surface area contributed by atoms with Gasteiger partial charge in [0.15, 0.2) is 5.82 Å². The van der Waals surface area contributed by atoms with E-state index in [-0.39, 0.29) is 4.90 Å². The normalized spacial score (nSPS) is 12.4. The lowest BCUT2D eigenvalue weighted by atomic mass is 10.1. The van der Waals surface area contributed by atoms with Crippen LogP contribution in [-0.4, -0.2) is 44.9 Å². The summed E-state index contributed by atoms with van der Waals surface area (Å²) in [5.41, 5.74) is 1.31. The van der Waals surface area contributed by atoms with Crippen molar-refractivity contribution >= 4 is 15.8 Å². The van der Waals surface area contributed by atoms with E-state index in [1.165, 1.54) is 19.2 Å². The van der Waals surface area contributed by atoms with Gasteiger partial charge in [0.1, 0.15) is 5.60 Å². The van der Waals surface area contributed by atoms with Crippen LogP contribution >= 0.6 is 0 Å². The number of benzene rings is 1. The van der Waals surface area contributed by atoms with Crippen molar-refractivity contribution < 1.29 is 13.5 Å². The summed E-state index contributed by atoms with van der Waals surface area (Å²) in [6.45, 7) is 3.32. The molecular formula is C20H20N6O3S. The molecule has 30 heavy (non-hydrogen) atoms. The van der Waals surface area contributed by atoms with Gasteiger partial charge in [-0.25, -0.2) is 33.1 Å². The molecule has 0 saturated carbocycles. The number of sulfonamides is 1. The molecule has 0 amide bonds. The molecule has 0 radical (unpaired) electrons. The molecule has 0 saturated heterocycles. The lowest BCUT2D eigenvalue weighted by molar-refractivity contribution is 0.0739. The van der Waals surface area contributed by atoms with Gasteiger partial charge in [0, 0.05) is 18.0 Å².